The summed E-state index contributed by atoms with van der Waals surface area (Å²) in [5.74, 6) is -0.348. The molecule has 1 unspecified atom stereocenters. The first-order valence-corrected chi connectivity index (χ1v) is 7.18. The van der Waals surface area contributed by atoms with Gasteiger partial charge in [0.05, 0.1) is 0 Å². The molecule has 0 fully saturated rings. The van der Waals surface area contributed by atoms with E-state index in [0.29, 0.717) is 11.1 Å². The first-order valence-electron chi connectivity index (χ1n) is 5.16. The Kier molecular flexibility index (Phi) is 4.81. The molecule has 1 atom stereocenters. The van der Waals surface area contributed by atoms with Crippen LogP contribution in [0.4, 0.5) is 0 Å². The van der Waals surface area contributed by atoms with E-state index in [0.717, 1.165) is 0 Å². The molecule has 0 bridgehead atoms. The third-order valence-corrected chi connectivity index (χ3v) is 3.52. The lowest BCUT2D eigenvalue weighted by atomic mass is 10.4. The monoisotopic (exact) mass is 276 g/mol. The number of aromatic nitrogens is 1. The number of hydrogen-bond acceptors (Lipinski definition) is 4. The van der Waals surface area contributed by atoms with Crippen molar-refractivity contribution >= 4 is 22.3 Å². The van der Waals surface area contributed by atoms with Crippen LogP contribution in [0.3, 0.4) is 0 Å². The second-order valence-corrected chi connectivity index (χ2v) is 5.75. The first kappa shape index (κ1) is 14.3. The molecule has 1 aromatic rings. The van der Waals surface area contributed by atoms with E-state index in [4.69, 9.17) is 16.8 Å². The second kappa shape index (κ2) is 5.72. The van der Waals surface area contributed by atoms with Gasteiger partial charge in [0.2, 0.25) is 0 Å². The summed E-state index contributed by atoms with van der Waals surface area (Å²) < 4.78 is 33.4. The van der Waals surface area contributed by atoms with Crippen LogP contribution in [-0.4, -0.2) is 41.8 Å². The van der Waals surface area contributed by atoms with Crippen LogP contribution in [0, 0.1) is 4.51 Å². The molecule has 0 amide bonds. The van der Waals surface area contributed by atoms with E-state index in [1.807, 2.05) is 11.8 Å². The normalized spacial score (nSPS) is 13.9. The Morgan fingerprint density at radius 1 is 1.47 bits per heavy atom. The molecule has 0 saturated carbocycles. The minimum atomic E-state index is -4.03. The Hall–Kier alpha value is -0.760. The molecule has 1 N–H and O–H groups in total. The van der Waals surface area contributed by atoms with Crippen LogP contribution in [-0.2, 0) is 10.1 Å². The van der Waals surface area contributed by atoms with Gasteiger partial charge in [0.25, 0.3) is 10.1 Å². The first-order chi connectivity index (χ1) is 7.83. The highest BCUT2D eigenvalue weighted by Gasteiger charge is 2.20. The molecule has 1 aromatic heterocycles. The van der Waals surface area contributed by atoms with Crippen molar-refractivity contribution in [1.82, 2.24) is 9.47 Å². The maximum Gasteiger partial charge on any atom is 0.268 e. The Morgan fingerprint density at radius 2 is 2.00 bits per heavy atom. The largest absolute Gasteiger partial charge is 0.337 e. The quantitative estimate of drug-likeness (QED) is 0.653. The van der Waals surface area contributed by atoms with Gasteiger partial charge in [-0.3, -0.25) is 9.45 Å². The maximum absolute atomic E-state index is 11.0. The molecule has 17 heavy (non-hydrogen) atoms. The molecule has 0 radical (unpaired) electrons. The van der Waals surface area contributed by atoms with E-state index >= 15 is 0 Å². The van der Waals surface area contributed by atoms with E-state index in [9.17, 15) is 8.42 Å². The van der Waals surface area contributed by atoms with E-state index in [-0.39, 0.29) is 5.75 Å². The zero-order valence-electron chi connectivity index (χ0n) is 9.78. The van der Waals surface area contributed by atoms with Crippen molar-refractivity contribution in [1.29, 1.82) is 0 Å². The standard InChI is InChI=1S/C10H16N2O3S2/c1-3-11(2)10(8-17(13,14)15)12-6-4-9(16)5-7-12/h4-7,10H,3,8H2,1-2H3,(H,13,14,15). The van der Waals surface area contributed by atoms with Crippen LogP contribution >= 0.6 is 12.2 Å². The van der Waals surface area contributed by atoms with Crippen molar-refractivity contribution in [2.45, 2.75) is 13.1 Å². The number of hydrogen-bond donors (Lipinski definition) is 1. The van der Waals surface area contributed by atoms with Gasteiger partial charge in [-0.25, -0.2) is 0 Å². The highest BCUT2D eigenvalue weighted by Crippen LogP contribution is 2.13. The lowest BCUT2D eigenvalue weighted by Gasteiger charge is -2.28. The number of pyridine rings is 1. The molecule has 1 rings (SSSR count). The summed E-state index contributed by atoms with van der Waals surface area (Å²) in [5.41, 5.74) is 0. The predicted molar refractivity (Wildman–Crippen MR) is 69.0 cm³/mol. The molecule has 1 heterocycles. The summed E-state index contributed by atoms with van der Waals surface area (Å²) in [6.07, 6.45) is 2.99. The van der Waals surface area contributed by atoms with Gasteiger partial charge in [-0.15, -0.1) is 0 Å². The minimum absolute atomic E-state index is 0.348. The average molecular weight is 276 g/mol. The van der Waals surface area contributed by atoms with Crippen LogP contribution < -0.4 is 0 Å². The van der Waals surface area contributed by atoms with Gasteiger partial charge in [-0.05, 0) is 25.7 Å². The molecule has 0 spiro atoms. The fourth-order valence-electron chi connectivity index (χ4n) is 1.46. The van der Waals surface area contributed by atoms with Gasteiger partial charge in [0.1, 0.15) is 11.9 Å². The van der Waals surface area contributed by atoms with Crippen molar-refractivity contribution in [3.8, 4) is 0 Å². The smallest absolute Gasteiger partial charge is 0.268 e. The fraction of sp³-hybridized carbons (Fsp3) is 0.500. The molecular formula is C10H16N2O3S2. The third kappa shape index (κ3) is 4.55. The van der Waals surface area contributed by atoms with Gasteiger partial charge < -0.3 is 4.57 Å². The zero-order chi connectivity index (χ0) is 13.1. The predicted octanol–water partition coefficient (Wildman–Crippen LogP) is 1.56. The molecule has 7 heteroatoms. The van der Waals surface area contributed by atoms with E-state index < -0.39 is 16.3 Å². The highest BCUT2D eigenvalue weighted by atomic mass is 32.2. The van der Waals surface area contributed by atoms with Gasteiger partial charge in [0, 0.05) is 16.9 Å². The van der Waals surface area contributed by atoms with E-state index in [2.05, 4.69) is 0 Å². The van der Waals surface area contributed by atoms with Gasteiger partial charge in [-0.1, -0.05) is 19.1 Å². The van der Waals surface area contributed by atoms with Crippen LogP contribution in [0.2, 0.25) is 0 Å². The summed E-state index contributed by atoms with van der Waals surface area (Å²) in [6, 6.07) is 3.44. The van der Waals surface area contributed by atoms with Crippen molar-refractivity contribution in [3.63, 3.8) is 0 Å². The van der Waals surface area contributed by atoms with Crippen molar-refractivity contribution < 1.29 is 13.0 Å². The second-order valence-electron chi connectivity index (χ2n) is 3.78. The summed E-state index contributed by atoms with van der Waals surface area (Å²) in [5, 5.41) is 0. The molecule has 0 aliphatic rings. The van der Waals surface area contributed by atoms with Gasteiger partial charge in [-0.2, -0.15) is 8.42 Å². The molecule has 0 aliphatic carbocycles. The van der Waals surface area contributed by atoms with E-state index in [1.54, 1.807) is 36.1 Å². The molecule has 0 aliphatic heterocycles. The fourth-order valence-corrected chi connectivity index (χ4v) is 2.39. The van der Waals surface area contributed by atoms with Gasteiger partial charge >= 0.3 is 0 Å². The topological polar surface area (TPSA) is 62.5 Å². The number of nitrogens with zero attached hydrogens (tertiary/aromatic N) is 2. The summed E-state index contributed by atoms with van der Waals surface area (Å²) in [4.78, 5) is 1.83. The zero-order valence-corrected chi connectivity index (χ0v) is 11.4. The Bertz CT molecular complexity index is 504. The molecular weight excluding hydrogens is 260 g/mol. The summed E-state index contributed by atoms with van der Waals surface area (Å²) >= 11 is 4.97. The Labute approximate surface area is 106 Å². The summed E-state index contributed by atoms with van der Waals surface area (Å²) in [6.45, 7) is 2.59. The van der Waals surface area contributed by atoms with Gasteiger partial charge in [0.15, 0.2) is 0 Å². The lowest BCUT2D eigenvalue weighted by molar-refractivity contribution is 0.203. The van der Waals surface area contributed by atoms with Crippen molar-refractivity contribution in [3.05, 3.63) is 29.0 Å². The van der Waals surface area contributed by atoms with E-state index in [1.165, 1.54) is 0 Å². The minimum Gasteiger partial charge on any atom is -0.337 e. The van der Waals surface area contributed by atoms with Crippen molar-refractivity contribution in [2.24, 2.45) is 0 Å². The third-order valence-electron chi connectivity index (χ3n) is 2.53. The Balaban J connectivity index is 3.06. The Morgan fingerprint density at radius 3 is 2.41 bits per heavy atom. The van der Waals surface area contributed by atoms with Crippen molar-refractivity contribution in [2.75, 3.05) is 19.3 Å². The van der Waals surface area contributed by atoms with Crippen LogP contribution in [0.5, 0.6) is 0 Å². The molecule has 5 nitrogen and oxygen atoms in total. The summed E-state index contributed by atoms with van der Waals surface area (Å²) in [7, 11) is -2.23. The van der Waals surface area contributed by atoms with Crippen LogP contribution in [0.25, 0.3) is 0 Å². The molecule has 96 valence electrons. The average Bonchev–Trinajstić information content (AvgIpc) is 2.25. The van der Waals surface area contributed by atoms with Crippen LogP contribution in [0.1, 0.15) is 13.1 Å². The maximum atomic E-state index is 11.0. The SMILES string of the molecule is CCN(C)C(CS(=O)(=O)O)n1ccc(=S)cc1. The number of rotatable bonds is 5. The highest BCUT2D eigenvalue weighted by molar-refractivity contribution is 7.85. The van der Waals surface area contributed by atoms with Crippen LogP contribution in [0.15, 0.2) is 24.5 Å². The lowest BCUT2D eigenvalue weighted by Crippen LogP contribution is -2.34. The molecule has 0 aromatic carbocycles. The molecule has 0 saturated heterocycles.